The van der Waals surface area contributed by atoms with E-state index in [1.807, 2.05) is 26.8 Å². The predicted molar refractivity (Wildman–Crippen MR) is 301 cm³/mol. The summed E-state index contributed by atoms with van der Waals surface area (Å²) in [5.74, 6) is -7.25. The average Bonchev–Trinajstić information content (AvgIpc) is 4.37. The number of fused-ring (bicyclic) bond motifs is 4. The monoisotopic (exact) mass is 1120 g/mol. The molecule has 7 N–H and O–H groups in total. The second-order valence-corrected chi connectivity index (χ2v) is 24.0. The number of carbonyl (C=O) groups is 10. The molecule has 21 nitrogen and oxygen atoms in total. The van der Waals surface area contributed by atoms with E-state index in [0.717, 1.165) is 0 Å². The molecular formula is C60H86N10O11. The van der Waals surface area contributed by atoms with Crippen LogP contribution in [0, 0.1) is 23.7 Å². The van der Waals surface area contributed by atoms with Gasteiger partial charge in [-0.1, -0.05) is 104 Å². The number of rotatable bonds is 10. The third-order valence-electron chi connectivity index (χ3n) is 16.8. The Morgan fingerprint density at radius 3 is 1.31 bits per heavy atom. The Hall–Kier alpha value is -7.06. The van der Waals surface area contributed by atoms with Crippen molar-refractivity contribution in [2.75, 3.05) is 26.2 Å². The van der Waals surface area contributed by atoms with Gasteiger partial charge >= 0.3 is 0 Å². The molecule has 2 aromatic carbocycles. The lowest BCUT2D eigenvalue weighted by atomic mass is 9.96. The normalized spacial score (nSPS) is 28.7. The molecule has 7 rings (SSSR count). The highest BCUT2D eigenvalue weighted by atomic mass is 16.3. The van der Waals surface area contributed by atoms with Crippen molar-refractivity contribution in [2.24, 2.45) is 23.7 Å². The number of phenolic OH excluding ortho intramolecular Hbond substituents is 1. The van der Waals surface area contributed by atoms with Crippen LogP contribution in [0.25, 0.3) is 0 Å². The third kappa shape index (κ3) is 14.9. The fourth-order valence-corrected chi connectivity index (χ4v) is 12.1. The van der Waals surface area contributed by atoms with E-state index in [-0.39, 0.29) is 63.5 Å². The van der Waals surface area contributed by atoms with Crippen LogP contribution in [-0.4, -0.2) is 170 Å². The molecule has 5 fully saturated rings. The van der Waals surface area contributed by atoms with Crippen LogP contribution in [0.2, 0.25) is 0 Å². The van der Waals surface area contributed by atoms with Crippen LogP contribution in [-0.2, 0) is 60.8 Å². The van der Waals surface area contributed by atoms with E-state index >= 15 is 0 Å². The second-order valence-electron chi connectivity index (χ2n) is 24.0. The highest BCUT2D eigenvalue weighted by Gasteiger charge is 2.48. The number of phenols is 1. The first-order valence-electron chi connectivity index (χ1n) is 29.4. The van der Waals surface area contributed by atoms with Gasteiger partial charge in [-0.15, -0.1) is 0 Å². The molecule has 5 saturated heterocycles. The smallest absolute Gasteiger partial charge is 0.246 e. The van der Waals surface area contributed by atoms with E-state index in [9.17, 15) is 53.1 Å². The first-order valence-corrected chi connectivity index (χ1v) is 29.4. The molecule has 0 radical (unpaired) electrons. The van der Waals surface area contributed by atoms with E-state index in [4.69, 9.17) is 0 Å². The van der Waals surface area contributed by atoms with Crippen LogP contribution in [0.5, 0.6) is 5.75 Å². The maximum atomic E-state index is 14.8. The van der Waals surface area contributed by atoms with Gasteiger partial charge in [-0.05, 0) is 105 Å². The minimum absolute atomic E-state index is 0.00823. The highest BCUT2D eigenvalue weighted by Crippen LogP contribution is 2.29. The number of hydrogen-bond donors (Lipinski definition) is 7. The SMILES string of the molecule is CC[C@@H](C)[C@@H]1NC(=O)C2CCCN2C(=O)[C@@H]2CCCN2C(=O)[C@@H](C(C)C)NC(=O)[C@H](Cc2ccc(O)cc2)NC(=O)[C@@H]2CCCN2C(=O)[C@@H]2CCCN2C(=O)[C@@H](CC(C)C)NC(=O)[C@@H](C(C)C)NC(=O)[C@@H](Cc2ccccc2)NC1=O. The molecule has 0 saturated carbocycles. The summed E-state index contributed by atoms with van der Waals surface area (Å²) >= 11 is 0. The maximum Gasteiger partial charge on any atom is 0.246 e. The van der Waals surface area contributed by atoms with Crippen LogP contribution in [0.1, 0.15) is 131 Å². The largest absolute Gasteiger partial charge is 0.508 e. The van der Waals surface area contributed by atoms with Gasteiger partial charge in [-0.3, -0.25) is 47.9 Å². The summed E-state index contributed by atoms with van der Waals surface area (Å²) in [7, 11) is 0. The molecule has 5 aliphatic rings. The van der Waals surface area contributed by atoms with Crippen molar-refractivity contribution in [3.05, 3.63) is 65.7 Å². The molecule has 5 heterocycles. The second kappa shape index (κ2) is 27.6. The van der Waals surface area contributed by atoms with E-state index in [1.54, 1.807) is 71.0 Å². The molecule has 21 heteroatoms. The zero-order chi connectivity index (χ0) is 58.8. The first kappa shape index (κ1) is 61.6. The summed E-state index contributed by atoms with van der Waals surface area (Å²) in [5, 5.41) is 27.5. The number of carbonyl (C=O) groups excluding carboxylic acids is 10. The van der Waals surface area contributed by atoms with E-state index in [2.05, 4.69) is 31.9 Å². The van der Waals surface area contributed by atoms with Gasteiger partial charge in [0.2, 0.25) is 59.1 Å². The molecule has 442 valence electrons. The van der Waals surface area contributed by atoms with Crippen molar-refractivity contribution in [1.29, 1.82) is 0 Å². The number of amides is 10. The van der Waals surface area contributed by atoms with Crippen molar-refractivity contribution >= 4 is 59.1 Å². The van der Waals surface area contributed by atoms with Crippen LogP contribution in [0.15, 0.2) is 54.6 Å². The van der Waals surface area contributed by atoms with Crippen LogP contribution >= 0.6 is 0 Å². The lowest BCUT2D eigenvalue weighted by molar-refractivity contribution is -0.149. The highest BCUT2D eigenvalue weighted by molar-refractivity contribution is 6.00. The molecule has 0 aliphatic carbocycles. The predicted octanol–water partition coefficient (Wildman–Crippen LogP) is 2.47. The van der Waals surface area contributed by atoms with Crippen molar-refractivity contribution in [1.82, 2.24) is 51.5 Å². The lowest BCUT2D eigenvalue weighted by Crippen LogP contribution is -2.62. The molecule has 0 spiro atoms. The summed E-state index contributed by atoms with van der Waals surface area (Å²) < 4.78 is 0. The standard InChI is InChI=1S/C60H86N10O11/c1-9-37(8)50-56(77)62-42(32-38-17-11-10-12-18-38)51(72)64-48(35(4)5)55(76)63-43(31-34(2)3)57(78)69-29-15-21-46(69)58(79)67-27-13-19-44(67)53(74)61-41(33-39-23-25-40(71)26-24-39)52(73)65-49(36(6)7)60(81)70-30-16-22-47(70)59(80)68-28-14-20-45(68)54(75)66-50/h10-12,17-18,23-26,34-37,41-50,71H,9,13-16,19-22,27-33H2,1-8H3,(H,61,74)(H,62,77)(H,63,76)(H,64,72)(H,65,73)(H,66,75)/t37-,41+,42-,43-,44+,45?,46+,47+,48-,49-,50+/m1/s1. The molecule has 0 bridgehead atoms. The zero-order valence-corrected chi connectivity index (χ0v) is 48.4. The number of aromatic hydroxyl groups is 1. The molecule has 11 atom stereocenters. The Balaban J connectivity index is 1.25. The van der Waals surface area contributed by atoms with Gasteiger partial charge in [0.15, 0.2) is 0 Å². The fourth-order valence-electron chi connectivity index (χ4n) is 12.1. The molecular weight excluding hydrogens is 1040 g/mol. The van der Waals surface area contributed by atoms with Crippen molar-refractivity contribution in [2.45, 2.75) is 193 Å². The molecule has 2 aromatic rings. The number of nitrogens with zero attached hydrogens (tertiary/aromatic N) is 4. The minimum Gasteiger partial charge on any atom is -0.508 e. The Labute approximate surface area is 476 Å². The Bertz CT molecular complexity index is 2610. The fraction of sp³-hybridized carbons (Fsp3) is 0.633. The Morgan fingerprint density at radius 1 is 0.432 bits per heavy atom. The van der Waals surface area contributed by atoms with Crippen LogP contribution < -0.4 is 31.9 Å². The van der Waals surface area contributed by atoms with E-state index in [0.29, 0.717) is 62.5 Å². The third-order valence-corrected chi connectivity index (χ3v) is 16.8. The van der Waals surface area contributed by atoms with E-state index in [1.165, 1.54) is 31.7 Å². The van der Waals surface area contributed by atoms with Gasteiger partial charge in [-0.2, -0.15) is 0 Å². The number of hydrogen-bond acceptors (Lipinski definition) is 11. The molecule has 81 heavy (non-hydrogen) atoms. The summed E-state index contributed by atoms with van der Waals surface area (Å²) in [6.07, 6.45) is 3.68. The number of benzene rings is 2. The first-order chi connectivity index (χ1) is 38.6. The number of nitrogens with one attached hydrogen (secondary N) is 6. The van der Waals surface area contributed by atoms with Gasteiger partial charge in [0.25, 0.3) is 0 Å². The van der Waals surface area contributed by atoms with Crippen LogP contribution in [0.3, 0.4) is 0 Å². The minimum atomic E-state index is -1.27. The van der Waals surface area contributed by atoms with Gasteiger partial charge in [-0.25, -0.2) is 0 Å². The summed E-state index contributed by atoms with van der Waals surface area (Å²) in [6, 6.07) is 4.13. The zero-order valence-electron chi connectivity index (χ0n) is 48.4. The van der Waals surface area contributed by atoms with Gasteiger partial charge in [0, 0.05) is 39.0 Å². The van der Waals surface area contributed by atoms with Crippen molar-refractivity contribution in [3.8, 4) is 5.75 Å². The molecule has 1 unspecified atom stereocenters. The topological polar surface area (TPSA) is 276 Å². The van der Waals surface area contributed by atoms with Gasteiger partial charge < -0.3 is 56.6 Å². The van der Waals surface area contributed by atoms with Crippen molar-refractivity contribution < 1.29 is 53.1 Å². The van der Waals surface area contributed by atoms with Gasteiger partial charge in [0.05, 0.1) is 0 Å². The van der Waals surface area contributed by atoms with Crippen LogP contribution in [0.4, 0.5) is 0 Å². The maximum absolute atomic E-state index is 14.8. The van der Waals surface area contributed by atoms with Crippen molar-refractivity contribution in [3.63, 3.8) is 0 Å². The van der Waals surface area contributed by atoms with E-state index < -0.39 is 137 Å². The average molecular weight is 1120 g/mol. The molecule has 10 amide bonds. The summed E-state index contributed by atoms with van der Waals surface area (Å²) in [4.78, 5) is 153. The summed E-state index contributed by atoms with van der Waals surface area (Å²) in [6.45, 7) is 15.3. The Kier molecular flexibility index (Phi) is 21.0. The molecule has 0 aromatic heterocycles. The molecule has 5 aliphatic heterocycles. The summed E-state index contributed by atoms with van der Waals surface area (Å²) in [5.41, 5.74) is 1.29. The Morgan fingerprint density at radius 2 is 0.827 bits per heavy atom. The van der Waals surface area contributed by atoms with Gasteiger partial charge in [0.1, 0.15) is 66.2 Å². The quantitative estimate of drug-likeness (QED) is 0.182. The lowest BCUT2D eigenvalue weighted by Gasteiger charge is -2.35.